The molecular formula is C19H24ClN5O2. The van der Waals surface area contributed by atoms with Crippen LogP contribution in [0, 0.1) is 5.92 Å². The number of benzene rings is 1. The van der Waals surface area contributed by atoms with E-state index < -0.39 is 0 Å². The Labute approximate surface area is 164 Å². The molecule has 2 fully saturated rings. The van der Waals surface area contributed by atoms with E-state index in [9.17, 15) is 9.59 Å². The highest BCUT2D eigenvalue weighted by Gasteiger charge is 2.32. The van der Waals surface area contributed by atoms with Crippen molar-refractivity contribution in [3.63, 3.8) is 0 Å². The lowest BCUT2D eigenvalue weighted by atomic mass is 10.1. The van der Waals surface area contributed by atoms with Gasteiger partial charge in [-0.1, -0.05) is 6.07 Å². The SMILES string of the molecule is Cl.Cn1ccnc1C1CNCCN1C(=O)c1cccc(NC(=O)C2CC2)c1. The van der Waals surface area contributed by atoms with Crippen molar-refractivity contribution in [3.8, 4) is 0 Å². The minimum atomic E-state index is -0.110. The van der Waals surface area contributed by atoms with E-state index in [1.807, 2.05) is 34.8 Å². The quantitative estimate of drug-likeness (QED) is 0.838. The minimum Gasteiger partial charge on any atom is -0.336 e. The normalized spacial score (nSPS) is 19.3. The summed E-state index contributed by atoms with van der Waals surface area (Å²) in [5.41, 5.74) is 1.26. The zero-order valence-electron chi connectivity index (χ0n) is 15.2. The van der Waals surface area contributed by atoms with Gasteiger partial charge in [0.05, 0.1) is 0 Å². The number of rotatable bonds is 4. The molecule has 1 aromatic heterocycles. The summed E-state index contributed by atoms with van der Waals surface area (Å²) >= 11 is 0. The summed E-state index contributed by atoms with van der Waals surface area (Å²) in [4.78, 5) is 31.4. The van der Waals surface area contributed by atoms with Crippen LogP contribution in [0.2, 0.25) is 0 Å². The summed E-state index contributed by atoms with van der Waals surface area (Å²) in [5.74, 6) is 1.00. The zero-order valence-corrected chi connectivity index (χ0v) is 16.0. The average Bonchev–Trinajstić information content (AvgIpc) is 3.43. The maximum atomic E-state index is 13.1. The molecule has 1 aromatic carbocycles. The van der Waals surface area contributed by atoms with Crippen molar-refractivity contribution in [2.24, 2.45) is 13.0 Å². The van der Waals surface area contributed by atoms with Crippen molar-refractivity contribution in [2.45, 2.75) is 18.9 Å². The predicted molar refractivity (Wildman–Crippen MR) is 105 cm³/mol. The number of anilines is 1. The van der Waals surface area contributed by atoms with E-state index in [0.717, 1.165) is 25.2 Å². The third-order valence-corrected chi connectivity index (χ3v) is 4.99. The molecule has 7 nitrogen and oxygen atoms in total. The van der Waals surface area contributed by atoms with Gasteiger partial charge in [0.2, 0.25) is 5.91 Å². The number of halogens is 1. The molecular weight excluding hydrogens is 366 g/mol. The van der Waals surface area contributed by atoms with Gasteiger partial charge < -0.3 is 20.1 Å². The number of carbonyl (C=O) groups is 2. The van der Waals surface area contributed by atoms with Gasteiger partial charge in [-0.2, -0.15) is 0 Å². The molecule has 1 saturated heterocycles. The van der Waals surface area contributed by atoms with Crippen LogP contribution < -0.4 is 10.6 Å². The first kappa shape index (κ1) is 19.4. The number of piperazine rings is 1. The lowest BCUT2D eigenvalue weighted by Crippen LogP contribution is -2.49. The third-order valence-electron chi connectivity index (χ3n) is 4.99. The predicted octanol–water partition coefficient (Wildman–Crippen LogP) is 1.98. The van der Waals surface area contributed by atoms with E-state index in [-0.39, 0.29) is 36.2 Å². The Balaban J connectivity index is 0.00000210. The van der Waals surface area contributed by atoms with Crippen molar-refractivity contribution in [1.29, 1.82) is 0 Å². The maximum absolute atomic E-state index is 13.1. The molecule has 2 N–H and O–H groups in total. The maximum Gasteiger partial charge on any atom is 0.254 e. The first-order chi connectivity index (χ1) is 12.6. The number of hydrogen-bond donors (Lipinski definition) is 2. The lowest BCUT2D eigenvalue weighted by Gasteiger charge is -2.35. The van der Waals surface area contributed by atoms with Crippen molar-refractivity contribution in [3.05, 3.63) is 48.0 Å². The molecule has 2 heterocycles. The number of carbonyl (C=O) groups excluding carboxylic acids is 2. The van der Waals surface area contributed by atoms with E-state index in [1.54, 1.807) is 18.3 Å². The molecule has 4 rings (SSSR count). The van der Waals surface area contributed by atoms with Gasteiger partial charge in [0.15, 0.2) is 0 Å². The van der Waals surface area contributed by atoms with Gasteiger partial charge in [0.1, 0.15) is 11.9 Å². The molecule has 1 aliphatic heterocycles. The van der Waals surface area contributed by atoms with Crippen molar-refractivity contribution in [1.82, 2.24) is 19.8 Å². The first-order valence-electron chi connectivity index (χ1n) is 9.03. The van der Waals surface area contributed by atoms with Crippen LogP contribution in [-0.2, 0) is 11.8 Å². The fraction of sp³-hybridized carbons (Fsp3) is 0.421. The fourth-order valence-corrected chi connectivity index (χ4v) is 3.36. The molecule has 1 aliphatic carbocycles. The first-order valence-corrected chi connectivity index (χ1v) is 9.03. The molecule has 1 saturated carbocycles. The molecule has 0 bridgehead atoms. The van der Waals surface area contributed by atoms with Crippen LogP contribution in [0.1, 0.15) is 35.1 Å². The van der Waals surface area contributed by atoms with Gasteiger partial charge in [-0.3, -0.25) is 9.59 Å². The van der Waals surface area contributed by atoms with Gasteiger partial charge in [0.25, 0.3) is 5.91 Å². The number of nitrogens with zero attached hydrogens (tertiary/aromatic N) is 3. The Hall–Kier alpha value is -2.38. The number of nitrogens with one attached hydrogen (secondary N) is 2. The minimum absolute atomic E-state index is 0. The number of amides is 2. The molecule has 2 aliphatic rings. The average molecular weight is 390 g/mol. The molecule has 0 radical (unpaired) electrons. The highest BCUT2D eigenvalue weighted by molar-refractivity contribution is 5.98. The lowest BCUT2D eigenvalue weighted by molar-refractivity contribution is -0.117. The van der Waals surface area contributed by atoms with E-state index >= 15 is 0 Å². The topological polar surface area (TPSA) is 79.3 Å². The Bertz CT molecular complexity index is 833. The summed E-state index contributed by atoms with van der Waals surface area (Å²) in [6.45, 7) is 2.05. The zero-order chi connectivity index (χ0) is 18.1. The molecule has 27 heavy (non-hydrogen) atoms. The Kier molecular flexibility index (Phi) is 5.82. The molecule has 2 amide bonds. The second-order valence-electron chi connectivity index (χ2n) is 6.96. The Morgan fingerprint density at radius 2 is 2.11 bits per heavy atom. The summed E-state index contributed by atoms with van der Waals surface area (Å²) < 4.78 is 1.95. The summed E-state index contributed by atoms with van der Waals surface area (Å²) in [5, 5.41) is 6.25. The molecule has 144 valence electrons. The van der Waals surface area contributed by atoms with Crippen LogP contribution in [0.4, 0.5) is 5.69 Å². The monoisotopic (exact) mass is 389 g/mol. The smallest absolute Gasteiger partial charge is 0.254 e. The van der Waals surface area contributed by atoms with Gasteiger partial charge in [-0.25, -0.2) is 4.98 Å². The van der Waals surface area contributed by atoms with Crippen molar-refractivity contribution >= 4 is 29.9 Å². The van der Waals surface area contributed by atoms with E-state index in [4.69, 9.17) is 0 Å². The molecule has 1 atom stereocenters. The number of aromatic nitrogens is 2. The number of hydrogen-bond acceptors (Lipinski definition) is 4. The highest BCUT2D eigenvalue weighted by atomic mass is 35.5. The van der Waals surface area contributed by atoms with Gasteiger partial charge in [-0.15, -0.1) is 12.4 Å². The van der Waals surface area contributed by atoms with Crippen LogP contribution >= 0.6 is 12.4 Å². The second kappa shape index (κ2) is 8.10. The number of aryl methyl sites for hydroxylation is 1. The van der Waals surface area contributed by atoms with Crippen molar-refractivity contribution < 1.29 is 9.59 Å². The summed E-state index contributed by atoms with van der Waals surface area (Å²) in [6, 6.07) is 7.09. The molecule has 8 heteroatoms. The second-order valence-corrected chi connectivity index (χ2v) is 6.96. The van der Waals surface area contributed by atoms with Gasteiger partial charge in [-0.05, 0) is 31.0 Å². The van der Waals surface area contributed by atoms with Crippen molar-refractivity contribution in [2.75, 3.05) is 25.0 Å². The van der Waals surface area contributed by atoms with E-state index in [0.29, 0.717) is 24.3 Å². The van der Waals surface area contributed by atoms with Crippen LogP contribution in [0.5, 0.6) is 0 Å². The van der Waals surface area contributed by atoms with Crippen LogP contribution in [-0.4, -0.2) is 45.9 Å². The Morgan fingerprint density at radius 3 is 2.81 bits per heavy atom. The third kappa shape index (κ3) is 4.14. The largest absolute Gasteiger partial charge is 0.336 e. The van der Waals surface area contributed by atoms with E-state index in [1.165, 1.54) is 0 Å². The van der Waals surface area contributed by atoms with Crippen LogP contribution in [0.3, 0.4) is 0 Å². The number of imidazole rings is 1. The Morgan fingerprint density at radius 1 is 1.30 bits per heavy atom. The summed E-state index contributed by atoms with van der Waals surface area (Å²) in [7, 11) is 1.94. The van der Waals surface area contributed by atoms with Crippen LogP contribution in [0.25, 0.3) is 0 Å². The highest BCUT2D eigenvalue weighted by Crippen LogP contribution is 2.30. The molecule has 1 unspecified atom stereocenters. The fourth-order valence-electron chi connectivity index (χ4n) is 3.36. The van der Waals surface area contributed by atoms with Crippen LogP contribution in [0.15, 0.2) is 36.7 Å². The summed E-state index contributed by atoms with van der Waals surface area (Å²) in [6.07, 6.45) is 5.55. The van der Waals surface area contributed by atoms with E-state index in [2.05, 4.69) is 15.6 Å². The molecule has 0 spiro atoms. The van der Waals surface area contributed by atoms with Gasteiger partial charge >= 0.3 is 0 Å². The molecule has 2 aromatic rings. The standard InChI is InChI=1S/C19H23N5O2.ClH/c1-23-9-8-21-17(23)16-12-20-7-10-24(16)19(26)14-3-2-4-15(11-14)22-18(25)13-5-6-13;/h2-4,8-9,11,13,16,20H,5-7,10,12H2,1H3,(H,22,25);1H. The van der Waals surface area contributed by atoms with Gasteiger partial charge in [0, 0.05) is 56.2 Å².